The van der Waals surface area contributed by atoms with Gasteiger partial charge in [0.25, 0.3) is 0 Å². The van der Waals surface area contributed by atoms with Crippen LogP contribution in [0.1, 0.15) is 16.7 Å². The number of nitrogens with one attached hydrogen (secondary N) is 1. The summed E-state index contributed by atoms with van der Waals surface area (Å²) >= 11 is 6.13. The van der Waals surface area contributed by atoms with Gasteiger partial charge >= 0.3 is 0 Å². The number of rotatable bonds is 3. The molecule has 0 aliphatic rings. The maximum atomic E-state index is 13.8. The van der Waals surface area contributed by atoms with Crippen molar-refractivity contribution in [2.75, 3.05) is 5.32 Å². The van der Waals surface area contributed by atoms with Crippen LogP contribution in [0.2, 0.25) is 5.02 Å². The standard InChI is InChI=1S/C15H15ClFN/c1-10-6-7-12(13(16)8-10)9-18-14-5-3-4-11(2)15(14)17/h3-8,18H,9H2,1-2H3. The van der Waals surface area contributed by atoms with Crippen LogP contribution in [0.4, 0.5) is 10.1 Å². The summed E-state index contributed by atoms with van der Waals surface area (Å²) in [6, 6.07) is 11.2. The summed E-state index contributed by atoms with van der Waals surface area (Å²) in [5, 5.41) is 3.78. The molecule has 0 saturated heterocycles. The van der Waals surface area contributed by atoms with E-state index in [2.05, 4.69) is 5.32 Å². The maximum absolute atomic E-state index is 13.8. The second-order valence-electron chi connectivity index (χ2n) is 4.38. The summed E-state index contributed by atoms with van der Waals surface area (Å²) < 4.78 is 13.8. The van der Waals surface area contributed by atoms with Gasteiger partial charge in [0, 0.05) is 11.6 Å². The summed E-state index contributed by atoms with van der Waals surface area (Å²) in [5.74, 6) is -0.208. The molecule has 0 heterocycles. The summed E-state index contributed by atoms with van der Waals surface area (Å²) in [5.41, 5.74) is 3.22. The summed E-state index contributed by atoms with van der Waals surface area (Å²) in [7, 11) is 0. The average molecular weight is 264 g/mol. The van der Waals surface area contributed by atoms with E-state index >= 15 is 0 Å². The molecule has 0 aromatic heterocycles. The van der Waals surface area contributed by atoms with Crippen molar-refractivity contribution in [3.63, 3.8) is 0 Å². The number of anilines is 1. The molecule has 0 aliphatic heterocycles. The smallest absolute Gasteiger partial charge is 0.149 e. The van der Waals surface area contributed by atoms with Crippen LogP contribution in [-0.4, -0.2) is 0 Å². The van der Waals surface area contributed by atoms with Crippen LogP contribution >= 0.6 is 11.6 Å². The van der Waals surface area contributed by atoms with E-state index in [1.807, 2.05) is 31.2 Å². The third kappa shape index (κ3) is 2.82. The van der Waals surface area contributed by atoms with Crippen molar-refractivity contribution in [1.29, 1.82) is 0 Å². The van der Waals surface area contributed by atoms with Crippen LogP contribution < -0.4 is 5.32 Å². The van der Waals surface area contributed by atoms with Gasteiger partial charge in [0.2, 0.25) is 0 Å². The van der Waals surface area contributed by atoms with Gasteiger partial charge in [-0.25, -0.2) is 4.39 Å². The Balaban J connectivity index is 2.14. The molecule has 0 aliphatic carbocycles. The molecule has 0 radical (unpaired) electrons. The third-order valence-electron chi connectivity index (χ3n) is 2.87. The highest BCUT2D eigenvalue weighted by Gasteiger charge is 2.05. The predicted molar refractivity (Wildman–Crippen MR) is 74.7 cm³/mol. The highest BCUT2D eigenvalue weighted by molar-refractivity contribution is 6.31. The Bertz CT molecular complexity index is 566. The summed E-state index contributed by atoms with van der Waals surface area (Å²) in [4.78, 5) is 0. The molecular formula is C15H15ClFN. The van der Waals surface area contributed by atoms with E-state index in [1.165, 1.54) is 0 Å². The van der Waals surface area contributed by atoms with Gasteiger partial charge in [0.15, 0.2) is 0 Å². The van der Waals surface area contributed by atoms with Crippen molar-refractivity contribution >= 4 is 17.3 Å². The molecule has 0 amide bonds. The molecule has 0 saturated carbocycles. The molecule has 0 bridgehead atoms. The number of hydrogen-bond donors (Lipinski definition) is 1. The Labute approximate surface area is 112 Å². The number of aryl methyl sites for hydroxylation is 2. The lowest BCUT2D eigenvalue weighted by Crippen LogP contribution is -2.03. The van der Waals surface area contributed by atoms with Gasteiger partial charge in [-0.1, -0.05) is 35.9 Å². The first-order valence-electron chi connectivity index (χ1n) is 5.82. The van der Waals surface area contributed by atoms with Gasteiger partial charge in [-0.3, -0.25) is 0 Å². The van der Waals surface area contributed by atoms with Gasteiger partial charge in [-0.15, -0.1) is 0 Å². The van der Waals surface area contributed by atoms with E-state index in [0.717, 1.165) is 11.1 Å². The lowest BCUT2D eigenvalue weighted by molar-refractivity contribution is 0.621. The largest absolute Gasteiger partial charge is 0.379 e. The molecule has 0 unspecified atom stereocenters. The average Bonchev–Trinajstić information content (AvgIpc) is 2.33. The molecule has 2 aromatic rings. The Morgan fingerprint density at radius 2 is 1.94 bits per heavy atom. The number of benzene rings is 2. The van der Waals surface area contributed by atoms with E-state index in [4.69, 9.17) is 11.6 Å². The Hall–Kier alpha value is -1.54. The first-order valence-corrected chi connectivity index (χ1v) is 6.20. The van der Waals surface area contributed by atoms with Crippen LogP contribution in [0.5, 0.6) is 0 Å². The lowest BCUT2D eigenvalue weighted by Gasteiger charge is -2.10. The van der Waals surface area contributed by atoms with Crippen molar-refractivity contribution < 1.29 is 4.39 Å². The maximum Gasteiger partial charge on any atom is 0.149 e. The van der Waals surface area contributed by atoms with Crippen molar-refractivity contribution in [3.05, 3.63) is 63.9 Å². The van der Waals surface area contributed by atoms with Crippen molar-refractivity contribution in [2.45, 2.75) is 20.4 Å². The first-order chi connectivity index (χ1) is 8.58. The second kappa shape index (κ2) is 5.40. The van der Waals surface area contributed by atoms with Gasteiger partial charge in [-0.05, 0) is 42.7 Å². The van der Waals surface area contributed by atoms with Gasteiger partial charge in [-0.2, -0.15) is 0 Å². The molecule has 1 N–H and O–H groups in total. The molecule has 0 fully saturated rings. The van der Waals surface area contributed by atoms with Crippen molar-refractivity contribution in [3.8, 4) is 0 Å². The normalized spacial score (nSPS) is 10.4. The fourth-order valence-corrected chi connectivity index (χ4v) is 2.07. The minimum absolute atomic E-state index is 0.208. The monoisotopic (exact) mass is 263 g/mol. The minimum Gasteiger partial charge on any atom is -0.379 e. The topological polar surface area (TPSA) is 12.0 Å². The van der Waals surface area contributed by atoms with Crippen molar-refractivity contribution in [2.24, 2.45) is 0 Å². The SMILES string of the molecule is Cc1ccc(CNc2cccc(C)c2F)c(Cl)c1. The van der Waals surface area contributed by atoms with E-state index < -0.39 is 0 Å². The Morgan fingerprint density at radius 1 is 1.17 bits per heavy atom. The quantitative estimate of drug-likeness (QED) is 0.846. The molecule has 1 nitrogen and oxygen atoms in total. The van der Waals surface area contributed by atoms with Crippen LogP contribution in [-0.2, 0) is 6.54 Å². The molecule has 0 atom stereocenters. The minimum atomic E-state index is -0.208. The zero-order valence-corrected chi connectivity index (χ0v) is 11.2. The molecular weight excluding hydrogens is 249 g/mol. The number of hydrogen-bond acceptors (Lipinski definition) is 1. The van der Waals surface area contributed by atoms with Gasteiger partial charge in [0.05, 0.1) is 5.69 Å². The van der Waals surface area contributed by atoms with E-state index in [1.54, 1.807) is 19.1 Å². The third-order valence-corrected chi connectivity index (χ3v) is 3.22. The van der Waals surface area contributed by atoms with E-state index in [9.17, 15) is 4.39 Å². The first kappa shape index (κ1) is 12.9. The van der Waals surface area contributed by atoms with Crippen LogP contribution in [0.3, 0.4) is 0 Å². The summed E-state index contributed by atoms with van der Waals surface area (Å²) in [6.07, 6.45) is 0. The van der Waals surface area contributed by atoms with Gasteiger partial charge < -0.3 is 5.32 Å². The van der Waals surface area contributed by atoms with Crippen LogP contribution in [0.15, 0.2) is 36.4 Å². The number of halogens is 2. The van der Waals surface area contributed by atoms with Crippen LogP contribution in [0, 0.1) is 19.7 Å². The highest BCUT2D eigenvalue weighted by atomic mass is 35.5. The second-order valence-corrected chi connectivity index (χ2v) is 4.79. The van der Waals surface area contributed by atoms with E-state index in [0.29, 0.717) is 22.8 Å². The fraction of sp³-hybridized carbons (Fsp3) is 0.200. The van der Waals surface area contributed by atoms with Gasteiger partial charge in [0.1, 0.15) is 5.82 Å². The predicted octanol–water partition coefficient (Wildman–Crippen LogP) is 4.71. The molecule has 2 aromatic carbocycles. The highest BCUT2D eigenvalue weighted by Crippen LogP contribution is 2.21. The summed E-state index contributed by atoms with van der Waals surface area (Å²) in [6.45, 7) is 4.25. The van der Waals surface area contributed by atoms with E-state index in [-0.39, 0.29) is 5.82 Å². The van der Waals surface area contributed by atoms with Crippen LogP contribution in [0.25, 0.3) is 0 Å². The Morgan fingerprint density at radius 3 is 2.67 bits per heavy atom. The molecule has 2 rings (SSSR count). The van der Waals surface area contributed by atoms with Crippen molar-refractivity contribution in [1.82, 2.24) is 0 Å². The fourth-order valence-electron chi connectivity index (χ4n) is 1.77. The molecule has 0 spiro atoms. The Kier molecular flexibility index (Phi) is 3.87. The molecule has 94 valence electrons. The zero-order valence-electron chi connectivity index (χ0n) is 10.4. The molecule has 3 heteroatoms. The zero-order chi connectivity index (χ0) is 13.1. The molecule has 18 heavy (non-hydrogen) atoms. The lowest BCUT2D eigenvalue weighted by atomic mass is 10.1.